The lowest BCUT2D eigenvalue weighted by Crippen LogP contribution is -2.12. The van der Waals surface area contributed by atoms with Crippen LogP contribution in [-0.4, -0.2) is 30.6 Å². The molecule has 5 aromatic rings. The zero-order valence-corrected chi connectivity index (χ0v) is 19.0. The lowest BCUT2D eigenvalue weighted by atomic mass is 10.1. The number of carbonyl (C=O) groups excluding carboxylic acids is 1. The van der Waals surface area contributed by atoms with Crippen molar-refractivity contribution in [3.05, 3.63) is 89.9 Å². The van der Waals surface area contributed by atoms with Crippen LogP contribution < -0.4 is 10.1 Å². The van der Waals surface area contributed by atoms with Gasteiger partial charge in [-0.15, -0.1) is 0 Å². The Balaban J connectivity index is 1.50. The van der Waals surface area contributed by atoms with Gasteiger partial charge in [0.2, 0.25) is 5.88 Å². The summed E-state index contributed by atoms with van der Waals surface area (Å²) >= 11 is 0. The number of carbonyl (C=O) groups is 1. The average Bonchev–Trinajstić information content (AvgIpc) is 3.21. The van der Waals surface area contributed by atoms with Crippen LogP contribution >= 0.6 is 0 Å². The van der Waals surface area contributed by atoms with Crippen LogP contribution in [0.4, 0.5) is 5.69 Å². The third-order valence-electron chi connectivity index (χ3n) is 5.31. The fourth-order valence-corrected chi connectivity index (χ4v) is 3.58. The van der Waals surface area contributed by atoms with Gasteiger partial charge in [0.1, 0.15) is 11.1 Å². The maximum absolute atomic E-state index is 12.9. The largest absolute Gasteiger partial charge is 0.438 e. The maximum Gasteiger partial charge on any atom is 0.255 e. The smallest absolute Gasteiger partial charge is 0.255 e. The zero-order valence-electron chi connectivity index (χ0n) is 19.0. The molecule has 8 nitrogen and oxygen atoms in total. The first-order valence-corrected chi connectivity index (χ1v) is 10.7. The molecule has 0 spiro atoms. The fraction of sp³-hybridized carbons (Fsp3) is 0.115. The minimum Gasteiger partial charge on any atom is -0.438 e. The summed E-state index contributed by atoms with van der Waals surface area (Å²) in [7, 11) is 1.82. The minimum absolute atomic E-state index is 0.222. The SMILES string of the molecule is Cc1cccc(NC(=O)c2ccc(C)c(Oc3nc(-c4cccnc4)nc4nn(C)cc34)c2)c1. The Labute approximate surface area is 196 Å². The number of nitrogens with zero attached hydrogens (tertiary/aromatic N) is 5. The third-order valence-corrected chi connectivity index (χ3v) is 5.31. The van der Waals surface area contributed by atoms with Crippen LogP contribution in [0.2, 0.25) is 0 Å². The first-order chi connectivity index (χ1) is 16.5. The molecule has 1 N–H and O–H groups in total. The highest BCUT2D eigenvalue weighted by Crippen LogP contribution is 2.31. The molecule has 0 saturated carbocycles. The summed E-state index contributed by atoms with van der Waals surface area (Å²) in [5.74, 6) is 1.12. The number of ether oxygens (including phenoxy) is 1. The summed E-state index contributed by atoms with van der Waals surface area (Å²) < 4.78 is 7.92. The number of aryl methyl sites for hydroxylation is 3. The number of hydrogen-bond acceptors (Lipinski definition) is 6. The van der Waals surface area contributed by atoms with Crippen LogP contribution in [0.15, 0.2) is 73.2 Å². The van der Waals surface area contributed by atoms with Crippen LogP contribution in [0.5, 0.6) is 11.6 Å². The van der Waals surface area contributed by atoms with Crippen molar-refractivity contribution in [1.29, 1.82) is 0 Å². The molecule has 0 unspecified atom stereocenters. The Bertz CT molecular complexity index is 1510. The summed E-state index contributed by atoms with van der Waals surface area (Å²) in [6, 6.07) is 16.7. The number of hydrogen-bond donors (Lipinski definition) is 1. The van der Waals surface area contributed by atoms with Crippen molar-refractivity contribution in [2.24, 2.45) is 7.05 Å². The normalized spacial score (nSPS) is 10.9. The highest BCUT2D eigenvalue weighted by molar-refractivity contribution is 6.04. The molecule has 0 aliphatic heterocycles. The van der Waals surface area contributed by atoms with Crippen LogP contribution in [0, 0.1) is 13.8 Å². The molecule has 34 heavy (non-hydrogen) atoms. The van der Waals surface area contributed by atoms with E-state index in [1.807, 2.05) is 63.4 Å². The second-order valence-corrected chi connectivity index (χ2v) is 8.04. The van der Waals surface area contributed by atoms with E-state index in [0.29, 0.717) is 34.1 Å². The predicted octanol–water partition coefficient (Wildman–Crippen LogP) is 5.09. The second kappa shape index (κ2) is 8.74. The van der Waals surface area contributed by atoms with E-state index >= 15 is 0 Å². The number of anilines is 1. The maximum atomic E-state index is 12.9. The summed E-state index contributed by atoms with van der Waals surface area (Å²) in [6.45, 7) is 3.90. The van der Waals surface area contributed by atoms with Crippen molar-refractivity contribution in [3.8, 4) is 23.0 Å². The van der Waals surface area contributed by atoms with E-state index < -0.39 is 0 Å². The molecular formula is C26H22N6O2. The molecule has 3 heterocycles. The minimum atomic E-state index is -0.222. The molecule has 168 valence electrons. The first kappa shape index (κ1) is 21.3. The van der Waals surface area contributed by atoms with Gasteiger partial charge in [0.25, 0.3) is 5.91 Å². The standard InChI is InChI=1S/C26H22N6O2/c1-16-6-4-8-20(12-16)28-25(33)18-10-9-17(2)22(13-18)34-26-21-15-32(3)31-24(21)29-23(30-26)19-7-5-11-27-14-19/h4-15H,1-3H3,(H,28,33). The van der Waals surface area contributed by atoms with Gasteiger partial charge < -0.3 is 10.1 Å². The van der Waals surface area contributed by atoms with Crippen molar-refractivity contribution in [2.45, 2.75) is 13.8 Å². The quantitative estimate of drug-likeness (QED) is 0.401. The number of rotatable bonds is 5. The van der Waals surface area contributed by atoms with Gasteiger partial charge in [0.05, 0.1) is 0 Å². The zero-order chi connectivity index (χ0) is 23.7. The molecule has 0 aliphatic carbocycles. The van der Waals surface area contributed by atoms with Crippen molar-refractivity contribution < 1.29 is 9.53 Å². The lowest BCUT2D eigenvalue weighted by Gasteiger charge is -2.12. The molecular weight excluding hydrogens is 428 g/mol. The molecule has 0 saturated heterocycles. The second-order valence-electron chi connectivity index (χ2n) is 8.04. The van der Waals surface area contributed by atoms with Crippen molar-refractivity contribution >= 4 is 22.6 Å². The number of benzene rings is 2. The summed E-state index contributed by atoms with van der Waals surface area (Å²) in [5, 5.41) is 8.03. The Morgan fingerprint density at radius 3 is 2.71 bits per heavy atom. The summed E-state index contributed by atoms with van der Waals surface area (Å²) in [4.78, 5) is 26.2. The van der Waals surface area contributed by atoms with E-state index in [4.69, 9.17) is 4.74 Å². The van der Waals surface area contributed by atoms with E-state index in [9.17, 15) is 4.79 Å². The van der Waals surface area contributed by atoms with Gasteiger partial charge in [-0.1, -0.05) is 18.2 Å². The van der Waals surface area contributed by atoms with Crippen LogP contribution in [0.25, 0.3) is 22.4 Å². The van der Waals surface area contributed by atoms with E-state index in [1.54, 1.807) is 35.4 Å². The van der Waals surface area contributed by atoms with Crippen LogP contribution in [-0.2, 0) is 7.05 Å². The Hall–Kier alpha value is -4.59. The average molecular weight is 451 g/mol. The summed E-state index contributed by atoms with van der Waals surface area (Å²) in [6.07, 6.45) is 5.19. The highest BCUT2D eigenvalue weighted by Gasteiger charge is 2.17. The Morgan fingerprint density at radius 1 is 1.03 bits per heavy atom. The van der Waals surface area contributed by atoms with E-state index in [0.717, 1.165) is 22.4 Å². The lowest BCUT2D eigenvalue weighted by molar-refractivity contribution is 0.102. The topological polar surface area (TPSA) is 94.8 Å². The molecule has 3 aromatic heterocycles. The van der Waals surface area contributed by atoms with Gasteiger partial charge in [-0.05, 0) is 61.4 Å². The molecule has 0 aliphatic rings. The first-order valence-electron chi connectivity index (χ1n) is 10.7. The van der Waals surface area contributed by atoms with Crippen molar-refractivity contribution in [1.82, 2.24) is 24.7 Å². The van der Waals surface area contributed by atoms with E-state index in [-0.39, 0.29) is 5.91 Å². The Morgan fingerprint density at radius 2 is 1.91 bits per heavy atom. The number of fused-ring (bicyclic) bond motifs is 1. The third kappa shape index (κ3) is 4.33. The van der Waals surface area contributed by atoms with Crippen molar-refractivity contribution in [3.63, 3.8) is 0 Å². The van der Waals surface area contributed by atoms with Crippen LogP contribution in [0.3, 0.4) is 0 Å². The van der Waals surface area contributed by atoms with Gasteiger partial charge in [-0.2, -0.15) is 10.1 Å². The van der Waals surface area contributed by atoms with Gasteiger partial charge in [0.15, 0.2) is 11.5 Å². The molecule has 0 fully saturated rings. The van der Waals surface area contributed by atoms with Crippen LogP contribution in [0.1, 0.15) is 21.5 Å². The molecule has 0 bridgehead atoms. The fourth-order valence-electron chi connectivity index (χ4n) is 3.58. The van der Waals surface area contributed by atoms with E-state index in [1.165, 1.54) is 0 Å². The molecule has 0 radical (unpaired) electrons. The van der Waals surface area contributed by atoms with E-state index in [2.05, 4.69) is 25.4 Å². The van der Waals surface area contributed by atoms with Gasteiger partial charge in [0, 0.05) is 42.5 Å². The molecule has 2 aromatic carbocycles. The molecule has 0 atom stereocenters. The predicted molar refractivity (Wildman–Crippen MR) is 130 cm³/mol. The highest BCUT2D eigenvalue weighted by atomic mass is 16.5. The molecule has 8 heteroatoms. The monoisotopic (exact) mass is 450 g/mol. The summed E-state index contributed by atoms with van der Waals surface area (Å²) in [5.41, 5.74) is 4.42. The number of nitrogens with one attached hydrogen (secondary N) is 1. The molecule has 1 amide bonds. The van der Waals surface area contributed by atoms with Gasteiger partial charge >= 0.3 is 0 Å². The molecule has 5 rings (SSSR count). The number of pyridine rings is 1. The van der Waals surface area contributed by atoms with Gasteiger partial charge in [-0.25, -0.2) is 4.98 Å². The Kier molecular flexibility index (Phi) is 5.47. The number of amides is 1. The van der Waals surface area contributed by atoms with Gasteiger partial charge in [-0.3, -0.25) is 14.5 Å². The number of aromatic nitrogens is 5. The van der Waals surface area contributed by atoms with Crippen molar-refractivity contribution in [2.75, 3.05) is 5.32 Å².